The Morgan fingerprint density at radius 2 is 2.31 bits per heavy atom. The van der Waals surface area contributed by atoms with Crippen LogP contribution in [0.5, 0.6) is 0 Å². The molecule has 0 radical (unpaired) electrons. The summed E-state index contributed by atoms with van der Waals surface area (Å²) in [4.78, 5) is 13.6. The molecule has 4 nitrogen and oxygen atoms in total. The van der Waals surface area contributed by atoms with Gasteiger partial charge in [0.15, 0.2) is 0 Å². The van der Waals surface area contributed by atoms with Gasteiger partial charge in [-0.2, -0.15) is 0 Å². The highest BCUT2D eigenvalue weighted by molar-refractivity contribution is 5.69. The number of hydrogen-bond acceptors (Lipinski definition) is 4. The first kappa shape index (κ1) is 13.5. The standard InChI is InChI=1S/C12H24N2O2/c1-4-10-8-14(6-5-11(10)13)9(2)7-12(15)16-3/h9-11H,4-8,13H2,1-3H3. The van der Waals surface area contributed by atoms with Gasteiger partial charge in [-0.05, 0) is 25.8 Å². The fourth-order valence-corrected chi connectivity index (χ4v) is 2.36. The van der Waals surface area contributed by atoms with Crippen molar-refractivity contribution in [3.8, 4) is 0 Å². The molecule has 0 aromatic rings. The van der Waals surface area contributed by atoms with Crippen LogP contribution in [0, 0.1) is 5.92 Å². The van der Waals surface area contributed by atoms with Crippen LogP contribution in [0.1, 0.15) is 33.1 Å². The fraction of sp³-hybridized carbons (Fsp3) is 0.917. The third kappa shape index (κ3) is 3.46. The van der Waals surface area contributed by atoms with E-state index in [-0.39, 0.29) is 12.0 Å². The molecular weight excluding hydrogens is 204 g/mol. The zero-order valence-electron chi connectivity index (χ0n) is 10.6. The minimum Gasteiger partial charge on any atom is -0.469 e. The summed E-state index contributed by atoms with van der Waals surface area (Å²) >= 11 is 0. The highest BCUT2D eigenvalue weighted by Gasteiger charge is 2.28. The van der Waals surface area contributed by atoms with Crippen molar-refractivity contribution in [2.24, 2.45) is 11.7 Å². The third-order valence-electron chi connectivity index (χ3n) is 3.66. The maximum atomic E-state index is 11.2. The molecule has 1 heterocycles. The summed E-state index contributed by atoms with van der Waals surface area (Å²) in [6.07, 6.45) is 2.62. The molecule has 1 aliphatic heterocycles. The predicted molar refractivity (Wildman–Crippen MR) is 64.0 cm³/mol. The van der Waals surface area contributed by atoms with Crippen molar-refractivity contribution in [2.45, 2.75) is 45.2 Å². The number of piperidine rings is 1. The van der Waals surface area contributed by atoms with Gasteiger partial charge in [0.2, 0.25) is 0 Å². The Balaban J connectivity index is 2.45. The molecule has 1 aliphatic rings. The Kier molecular flexibility index (Phi) is 5.22. The Hall–Kier alpha value is -0.610. The van der Waals surface area contributed by atoms with Gasteiger partial charge in [-0.1, -0.05) is 13.3 Å². The number of carbonyl (C=O) groups is 1. The van der Waals surface area contributed by atoms with E-state index in [1.807, 2.05) is 0 Å². The van der Waals surface area contributed by atoms with Gasteiger partial charge in [0.1, 0.15) is 0 Å². The van der Waals surface area contributed by atoms with Crippen LogP contribution in [-0.4, -0.2) is 43.2 Å². The lowest BCUT2D eigenvalue weighted by atomic mass is 9.90. The highest BCUT2D eigenvalue weighted by Crippen LogP contribution is 2.21. The second-order valence-corrected chi connectivity index (χ2v) is 4.75. The van der Waals surface area contributed by atoms with Gasteiger partial charge >= 0.3 is 5.97 Å². The van der Waals surface area contributed by atoms with Crippen LogP contribution < -0.4 is 5.73 Å². The maximum Gasteiger partial charge on any atom is 0.307 e. The molecule has 2 N–H and O–H groups in total. The van der Waals surface area contributed by atoms with Gasteiger partial charge in [-0.15, -0.1) is 0 Å². The molecular formula is C12H24N2O2. The zero-order chi connectivity index (χ0) is 12.1. The van der Waals surface area contributed by atoms with Crippen LogP contribution in [0.25, 0.3) is 0 Å². The van der Waals surface area contributed by atoms with Gasteiger partial charge in [0.25, 0.3) is 0 Å². The first-order chi connectivity index (χ1) is 7.58. The number of carbonyl (C=O) groups excluding carboxylic acids is 1. The lowest BCUT2D eigenvalue weighted by Gasteiger charge is -2.39. The highest BCUT2D eigenvalue weighted by atomic mass is 16.5. The van der Waals surface area contributed by atoms with E-state index in [1.54, 1.807) is 0 Å². The molecule has 0 amide bonds. The molecule has 1 fully saturated rings. The smallest absolute Gasteiger partial charge is 0.307 e. The average Bonchev–Trinajstić information content (AvgIpc) is 2.29. The summed E-state index contributed by atoms with van der Waals surface area (Å²) in [6.45, 7) is 6.27. The molecule has 0 aromatic heterocycles. The second kappa shape index (κ2) is 6.21. The first-order valence-corrected chi connectivity index (χ1v) is 6.14. The zero-order valence-corrected chi connectivity index (χ0v) is 10.6. The molecule has 1 saturated heterocycles. The van der Waals surface area contributed by atoms with E-state index in [2.05, 4.69) is 18.7 Å². The van der Waals surface area contributed by atoms with Crippen molar-refractivity contribution in [3.05, 3.63) is 0 Å². The van der Waals surface area contributed by atoms with Crippen molar-refractivity contribution in [2.75, 3.05) is 20.2 Å². The number of nitrogens with two attached hydrogens (primary N) is 1. The van der Waals surface area contributed by atoms with Crippen molar-refractivity contribution in [1.29, 1.82) is 0 Å². The Morgan fingerprint density at radius 1 is 1.62 bits per heavy atom. The number of esters is 1. The number of ether oxygens (including phenoxy) is 1. The molecule has 3 atom stereocenters. The number of hydrogen-bond donors (Lipinski definition) is 1. The molecule has 16 heavy (non-hydrogen) atoms. The summed E-state index contributed by atoms with van der Waals surface area (Å²) < 4.78 is 4.70. The number of nitrogens with zero attached hydrogens (tertiary/aromatic N) is 1. The summed E-state index contributed by atoms with van der Waals surface area (Å²) in [7, 11) is 1.44. The number of methoxy groups -OCH3 is 1. The summed E-state index contributed by atoms with van der Waals surface area (Å²) in [5.41, 5.74) is 6.06. The van der Waals surface area contributed by atoms with E-state index in [0.717, 1.165) is 25.9 Å². The number of rotatable bonds is 4. The van der Waals surface area contributed by atoms with Crippen LogP contribution in [0.15, 0.2) is 0 Å². The molecule has 0 aromatic carbocycles. The van der Waals surface area contributed by atoms with Gasteiger partial charge < -0.3 is 10.5 Å². The van der Waals surface area contributed by atoms with Gasteiger partial charge in [0.05, 0.1) is 13.5 Å². The third-order valence-corrected chi connectivity index (χ3v) is 3.66. The van der Waals surface area contributed by atoms with Crippen molar-refractivity contribution in [1.82, 2.24) is 4.90 Å². The predicted octanol–water partition coefficient (Wildman–Crippen LogP) is 0.997. The summed E-state index contributed by atoms with van der Waals surface area (Å²) in [5.74, 6) is 0.435. The van der Waals surface area contributed by atoms with E-state index in [9.17, 15) is 4.79 Å². The molecule has 0 aliphatic carbocycles. The Bertz CT molecular complexity index is 233. The van der Waals surface area contributed by atoms with Crippen LogP contribution in [0.3, 0.4) is 0 Å². The van der Waals surface area contributed by atoms with Crippen LogP contribution in [0.4, 0.5) is 0 Å². The van der Waals surface area contributed by atoms with Gasteiger partial charge in [-0.3, -0.25) is 9.69 Å². The lowest BCUT2D eigenvalue weighted by Crippen LogP contribution is -2.50. The van der Waals surface area contributed by atoms with E-state index in [4.69, 9.17) is 10.5 Å². The summed E-state index contributed by atoms with van der Waals surface area (Å²) in [5, 5.41) is 0. The van der Waals surface area contributed by atoms with Crippen LogP contribution in [-0.2, 0) is 9.53 Å². The molecule has 0 saturated carbocycles. The number of likely N-dealkylation sites (tertiary alicyclic amines) is 1. The van der Waals surface area contributed by atoms with E-state index < -0.39 is 0 Å². The molecule has 4 heteroatoms. The average molecular weight is 228 g/mol. The van der Waals surface area contributed by atoms with Crippen LogP contribution >= 0.6 is 0 Å². The van der Waals surface area contributed by atoms with Crippen molar-refractivity contribution in [3.63, 3.8) is 0 Å². The molecule has 3 unspecified atom stereocenters. The quantitative estimate of drug-likeness (QED) is 0.729. The van der Waals surface area contributed by atoms with E-state index >= 15 is 0 Å². The monoisotopic (exact) mass is 228 g/mol. The largest absolute Gasteiger partial charge is 0.469 e. The van der Waals surface area contributed by atoms with Gasteiger partial charge in [-0.25, -0.2) is 0 Å². The first-order valence-electron chi connectivity index (χ1n) is 6.14. The topological polar surface area (TPSA) is 55.6 Å². The minimum absolute atomic E-state index is 0.129. The second-order valence-electron chi connectivity index (χ2n) is 4.75. The van der Waals surface area contributed by atoms with E-state index in [0.29, 0.717) is 18.4 Å². The van der Waals surface area contributed by atoms with Crippen molar-refractivity contribution >= 4 is 5.97 Å². The molecule has 0 spiro atoms. The van der Waals surface area contributed by atoms with E-state index in [1.165, 1.54) is 7.11 Å². The minimum atomic E-state index is -0.129. The fourth-order valence-electron chi connectivity index (χ4n) is 2.36. The summed E-state index contributed by atoms with van der Waals surface area (Å²) in [6, 6.07) is 0.584. The SMILES string of the molecule is CCC1CN(C(C)CC(=O)OC)CCC1N. The van der Waals surface area contributed by atoms with Crippen LogP contribution in [0.2, 0.25) is 0 Å². The molecule has 0 bridgehead atoms. The lowest BCUT2D eigenvalue weighted by molar-refractivity contribution is -0.142. The normalized spacial score (nSPS) is 28.8. The Morgan fingerprint density at radius 3 is 2.88 bits per heavy atom. The molecule has 1 rings (SSSR count). The molecule has 94 valence electrons. The maximum absolute atomic E-state index is 11.2. The van der Waals surface area contributed by atoms with Crippen molar-refractivity contribution < 1.29 is 9.53 Å². The Labute approximate surface area is 98.1 Å². The van der Waals surface area contributed by atoms with Gasteiger partial charge in [0, 0.05) is 18.6 Å².